The number of fused-ring (bicyclic) bond motifs is 1. The van der Waals surface area contributed by atoms with Gasteiger partial charge in [0.1, 0.15) is 11.1 Å². The van der Waals surface area contributed by atoms with Gasteiger partial charge in [0.15, 0.2) is 0 Å². The fourth-order valence-corrected chi connectivity index (χ4v) is 3.38. The molecule has 0 radical (unpaired) electrons. The summed E-state index contributed by atoms with van der Waals surface area (Å²) in [5.74, 6) is -1.86. The van der Waals surface area contributed by atoms with Crippen molar-refractivity contribution in [1.82, 2.24) is 0 Å². The second-order valence-electron chi connectivity index (χ2n) is 6.44. The van der Waals surface area contributed by atoms with Crippen molar-refractivity contribution in [2.45, 2.75) is 12.8 Å². The van der Waals surface area contributed by atoms with E-state index >= 15 is 0 Å². The number of esters is 1. The van der Waals surface area contributed by atoms with Crippen LogP contribution in [0.5, 0.6) is 0 Å². The first-order valence-electron chi connectivity index (χ1n) is 8.77. The van der Waals surface area contributed by atoms with Gasteiger partial charge in [-0.15, -0.1) is 0 Å². The normalized spacial score (nSPS) is 18.5. The minimum absolute atomic E-state index is 0.0415. The number of anilines is 1. The zero-order valence-corrected chi connectivity index (χ0v) is 17.1. The van der Waals surface area contributed by atoms with Crippen LogP contribution in [-0.2, 0) is 14.3 Å². The summed E-state index contributed by atoms with van der Waals surface area (Å²) in [7, 11) is 0. The van der Waals surface area contributed by atoms with Crippen molar-refractivity contribution in [2.24, 2.45) is 11.8 Å². The number of rotatable bonds is 5. The fourth-order valence-electron chi connectivity index (χ4n) is 3.22. The molecule has 4 nitrogen and oxygen atoms in total. The van der Waals surface area contributed by atoms with Crippen molar-refractivity contribution in [3.05, 3.63) is 64.1 Å². The van der Waals surface area contributed by atoms with Gasteiger partial charge >= 0.3 is 5.97 Å². The van der Waals surface area contributed by atoms with E-state index < -0.39 is 17.8 Å². The van der Waals surface area contributed by atoms with E-state index in [2.05, 4.69) is 5.32 Å². The van der Waals surface area contributed by atoms with Crippen molar-refractivity contribution in [1.29, 1.82) is 0 Å². The molecule has 0 saturated carbocycles. The molecule has 1 amide bonds. The number of amides is 1. The van der Waals surface area contributed by atoms with E-state index in [9.17, 15) is 9.59 Å². The Bertz CT molecular complexity index is 946. The standard InChI is InChI=1S/C21H18Cl3NO3/c22-17(19(23)24)12-28-21(27)16-10-4-3-9-15(16)20(26)25-18-11-5-7-13-6-1-2-8-14(13)18/h1-8,11,15-16H,9-10,12H2,(H,25,26). The number of benzene rings is 2. The maximum atomic E-state index is 12.9. The molecule has 0 aliphatic heterocycles. The minimum atomic E-state index is -0.599. The van der Waals surface area contributed by atoms with Crippen LogP contribution in [0.25, 0.3) is 10.8 Å². The first-order chi connectivity index (χ1) is 13.5. The summed E-state index contributed by atoms with van der Waals surface area (Å²) in [6.07, 6.45) is 4.65. The van der Waals surface area contributed by atoms with Crippen molar-refractivity contribution in [3.8, 4) is 0 Å². The van der Waals surface area contributed by atoms with Gasteiger partial charge in [0, 0.05) is 11.1 Å². The lowest BCUT2D eigenvalue weighted by molar-refractivity contribution is -0.151. The van der Waals surface area contributed by atoms with Crippen molar-refractivity contribution >= 4 is 63.1 Å². The predicted molar refractivity (Wildman–Crippen MR) is 113 cm³/mol. The summed E-state index contributed by atoms with van der Waals surface area (Å²) >= 11 is 16.9. The maximum absolute atomic E-state index is 12.9. The molecule has 0 heterocycles. The SMILES string of the molecule is O=C(Nc1cccc2ccccc12)C1CC=CCC1C(=O)OCC(Cl)=C(Cl)Cl. The van der Waals surface area contributed by atoms with Crippen molar-refractivity contribution in [2.75, 3.05) is 11.9 Å². The third-order valence-electron chi connectivity index (χ3n) is 4.67. The quantitative estimate of drug-likeness (QED) is 0.475. The van der Waals surface area contributed by atoms with Gasteiger partial charge in [-0.2, -0.15) is 0 Å². The predicted octanol–water partition coefficient (Wildman–Crippen LogP) is 5.79. The Morgan fingerprint density at radius 2 is 1.64 bits per heavy atom. The largest absolute Gasteiger partial charge is 0.460 e. The highest BCUT2D eigenvalue weighted by Gasteiger charge is 2.35. The Morgan fingerprint density at radius 1 is 0.964 bits per heavy atom. The molecule has 7 heteroatoms. The molecule has 0 aromatic heterocycles. The van der Waals surface area contributed by atoms with Crippen LogP contribution in [0.1, 0.15) is 12.8 Å². The number of hydrogen-bond donors (Lipinski definition) is 1. The molecule has 2 aromatic rings. The van der Waals surface area contributed by atoms with Gasteiger partial charge in [0.25, 0.3) is 0 Å². The molecule has 2 unspecified atom stereocenters. The van der Waals surface area contributed by atoms with Gasteiger partial charge in [0.05, 0.1) is 16.9 Å². The molecule has 0 bridgehead atoms. The van der Waals surface area contributed by atoms with Crippen LogP contribution in [0.4, 0.5) is 5.69 Å². The van der Waals surface area contributed by atoms with E-state index in [1.165, 1.54) is 0 Å². The Morgan fingerprint density at radius 3 is 2.39 bits per heavy atom. The lowest BCUT2D eigenvalue weighted by atomic mass is 9.82. The molecule has 1 N–H and O–H groups in total. The highest BCUT2D eigenvalue weighted by Crippen LogP contribution is 2.30. The summed E-state index contributed by atoms with van der Waals surface area (Å²) in [5, 5.41) is 4.98. The smallest absolute Gasteiger partial charge is 0.310 e. The van der Waals surface area contributed by atoms with Crippen LogP contribution in [0.2, 0.25) is 0 Å². The number of nitrogens with one attached hydrogen (secondary N) is 1. The molecule has 2 atom stereocenters. The molecule has 1 aliphatic carbocycles. The summed E-state index contributed by atoms with van der Waals surface area (Å²) < 4.78 is 5.04. The van der Waals surface area contributed by atoms with E-state index in [-0.39, 0.29) is 22.0 Å². The van der Waals surface area contributed by atoms with E-state index in [4.69, 9.17) is 39.5 Å². The average molecular weight is 439 g/mol. The molecule has 0 fully saturated rings. The third-order valence-corrected chi connectivity index (χ3v) is 5.61. The van der Waals surface area contributed by atoms with Crippen LogP contribution in [0, 0.1) is 11.8 Å². The van der Waals surface area contributed by atoms with Crippen molar-refractivity contribution < 1.29 is 14.3 Å². The second-order valence-corrected chi connectivity index (χ2v) is 7.85. The Kier molecular flexibility index (Phi) is 7.00. The zero-order chi connectivity index (χ0) is 20.1. The Hall–Kier alpha value is -2.01. The molecule has 1 aliphatic rings. The van der Waals surface area contributed by atoms with Gasteiger partial charge in [0.2, 0.25) is 5.91 Å². The molecular weight excluding hydrogens is 421 g/mol. The van der Waals surface area contributed by atoms with Gasteiger partial charge in [-0.05, 0) is 24.3 Å². The zero-order valence-electron chi connectivity index (χ0n) is 14.8. The molecule has 2 aromatic carbocycles. The summed E-state index contributed by atoms with van der Waals surface area (Å²) in [4.78, 5) is 25.4. The van der Waals surface area contributed by atoms with Crippen LogP contribution >= 0.6 is 34.8 Å². The number of halogens is 3. The molecule has 0 saturated heterocycles. The van der Waals surface area contributed by atoms with Crippen LogP contribution < -0.4 is 5.32 Å². The maximum Gasteiger partial charge on any atom is 0.310 e. The van der Waals surface area contributed by atoms with Crippen LogP contribution in [0.15, 0.2) is 64.1 Å². The van der Waals surface area contributed by atoms with Gasteiger partial charge in [-0.3, -0.25) is 9.59 Å². The third kappa shape index (κ3) is 4.88. The van der Waals surface area contributed by atoms with Crippen LogP contribution in [-0.4, -0.2) is 18.5 Å². The highest BCUT2D eigenvalue weighted by molar-refractivity contribution is 6.59. The Balaban J connectivity index is 1.74. The monoisotopic (exact) mass is 437 g/mol. The molecule has 0 spiro atoms. The summed E-state index contributed by atoms with van der Waals surface area (Å²) in [6.45, 7) is -0.222. The molecule has 146 valence electrons. The van der Waals surface area contributed by atoms with Crippen LogP contribution in [0.3, 0.4) is 0 Å². The van der Waals surface area contributed by atoms with E-state index in [1.807, 2.05) is 54.6 Å². The first-order valence-corrected chi connectivity index (χ1v) is 9.90. The summed E-state index contributed by atoms with van der Waals surface area (Å²) in [6, 6.07) is 13.5. The van der Waals surface area contributed by atoms with Gasteiger partial charge < -0.3 is 10.1 Å². The minimum Gasteiger partial charge on any atom is -0.460 e. The summed E-state index contributed by atoms with van der Waals surface area (Å²) in [5.41, 5.74) is 0.713. The molecule has 3 rings (SSSR count). The van der Waals surface area contributed by atoms with Gasteiger partial charge in [-0.25, -0.2) is 0 Å². The highest BCUT2D eigenvalue weighted by atomic mass is 35.5. The lowest BCUT2D eigenvalue weighted by Crippen LogP contribution is -2.36. The average Bonchev–Trinajstić information content (AvgIpc) is 2.71. The number of carbonyl (C=O) groups excluding carboxylic acids is 2. The van der Waals surface area contributed by atoms with E-state index in [0.29, 0.717) is 18.5 Å². The topological polar surface area (TPSA) is 55.4 Å². The van der Waals surface area contributed by atoms with Crippen molar-refractivity contribution in [3.63, 3.8) is 0 Å². The number of carbonyl (C=O) groups is 2. The number of ether oxygens (including phenoxy) is 1. The van der Waals surface area contributed by atoms with E-state index in [1.54, 1.807) is 0 Å². The van der Waals surface area contributed by atoms with E-state index in [0.717, 1.165) is 10.8 Å². The molecule has 28 heavy (non-hydrogen) atoms. The lowest BCUT2D eigenvalue weighted by Gasteiger charge is -2.26. The first kappa shape index (κ1) is 20.7. The number of allylic oxidation sites excluding steroid dienone is 2. The fraction of sp³-hybridized carbons (Fsp3) is 0.238. The Labute approximate surface area is 178 Å². The number of hydrogen-bond acceptors (Lipinski definition) is 3. The molecular formula is C21H18Cl3NO3. The second kappa shape index (κ2) is 9.46. The van der Waals surface area contributed by atoms with Gasteiger partial charge in [-0.1, -0.05) is 83.4 Å².